The normalized spacial score (nSPS) is 16.4. The van der Waals surface area contributed by atoms with E-state index in [2.05, 4.69) is 30.8 Å². The van der Waals surface area contributed by atoms with Crippen molar-refractivity contribution in [3.63, 3.8) is 0 Å². The first-order valence-corrected chi connectivity index (χ1v) is 7.54. The smallest absolute Gasteiger partial charge is 0.225 e. The number of anilines is 1. The van der Waals surface area contributed by atoms with Gasteiger partial charge in [-0.2, -0.15) is 0 Å². The van der Waals surface area contributed by atoms with Gasteiger partial charge < -0.3 is 10.0 Å². The molecule has 0 atom stereocenters. The van der Waals surface area contributed by atoms with Gasteiger partial charge in [0, 0.05) is 29.3 Å². The first kappa shape index (κ1) is 13.5. The Balaban J connectivity index is 1.84. The Bertz CT molecular complexity index is 580. The van der Waals surface area contributed by atoms with Crippen LogP contribution < -0.4 is 4.90 Å². The molecule has 20 heavy (non-hydrogen) atoms. The third-order valence-corrected chi connectivity index (χ3v) is 4.06. The molecule has 1 fully saturated rings. The van der Waals surface area contributed by atoms with Gasteiger partial charge in [0.15, 0.2) is 0 Å². The van der Waals surface area contributed by atoms with Crippen molar-refractivity contribution < 1.29 is 5.11 Å². The van der Waals surface area contributed by atoms with Crippen LogP contribution in [-0.4, -0.2) is 34.3 Å². The summed E-state index contributed by atoms with van der Waals surface area (Å²) in [6.45, 7) is 1.62. The van der Waals surface area contributed by atoms with Gasteiger partial charge in [-0.25, -0.2) is 9.97 Å². The molecule has 1 aliphatic heterocycles. The number of rotatable bonds is 2. The molecule has 1 aliphatic rings. The zero-order valence-electron chi connectivity index (χ0n) is 11.0. The zero-order chi connectivity index (χ0) is 13.9. The summed E-state index contributed by atoms with van der Waals surface area (Å²) in [5.74, 6) is 0.748. The minimum atomic E-state index is -0.180. The third kappa shape index (κ3) is 2.99. The van der Waals surface area contributed by atoms with Crippen LogP contribution in [-0.2, 0) is 0 Å². The SMILES string of the molecule is OC1CCN(c2nccc(-c3ccc(Br)cc3)n2)CC1. The second-order valence-corrected chi connectivity index (χ2v) is 5.88. The lowest BCUT2D eigenvalue weighted by molar-refractivity contribution is 0.145. The van der Waals surface area contributed by atoms with Gasteiger partial charge in [0.2, 0.25) is 5.95 Å². The van der Waals surface area contributed by atoms with E-state index in [1.54, 1.807) is 6.20 Å². The van der Waals surface area contributed by atoms with Crippen LogP contribution in [0.2, 0.25) is 0 Å². The fourth-order valence-corrected chi connectivity index (χ4v) is 2.61. The van der Waals surface area contributed by atoms with Gasteiger partial charge in [-0.05, 0) is 31.0 Å². The number of aliphatic hydroxyl groups is 1. The Hall–Kier alpha value is -1.46. The highest BCUT2D eigenvalue weighted by Gasteiger charge is 2.19. The zero-order valence-corrected chi connectivity index (χ0v) is 12.6. The van der Waals surface area contributed by atoms with Gasteiger partial charge in [0.05, 0.1) is 11.8 Å². The topological polar surface area (TPSA) is 49.2 Å². The van der Waals surface area contributed by atoms with E-state index in [1.807, 2.05) is 30.3 Å². The molecular formula is C15H16BrN3O. The van der Waals surface area contributed by atoms with E-state index in [4.69, 9.17) is 0 Å². The number of piperidine rings is 1. The number of aromatic nitrogens is 2. The molecule has 0 unspecified atom stereocenters. The molecule has 0 radical (unpaired) electrons. The average Bonchev–Trinajstić information content (AvgIpc) is 2.49. The molecule has 104 valence electrons. The molecule has 1 aromatic carbocycles. The summed E-state index contributed by atoms with van der Waals surface area (Å²) in [4.78, 5) is 11.1. The van der Waals surface area contributed by atoms with Crippen molar-refractivity contribution in [2.45, 2.75) is 18.9 Å². The molecule has 3 rings (SSSR count). The lowest BCUT2D eigenvalue weighted by Gasteiger charge is -2.29. The maximum absolute atomic E-state index is 9.56. The molecule has 0 saturated carbocycles. The van der Waals surface area contributed by atoms with Crippen molar-refractivity contribution >= 4 is 21.9 Å². The Morgan fingerprint density at radius 1 is 1.10 bits per heavy atom. The van der Waals surface area contributed by atoms with Gasteiger partial charge >= 0.3 is 0 Å². The number of halogens is 1. The summed E-state index contributed by atoms with van der Waals surface area (Å²) in [6, 6.07) is 10.0. The van der Waals surface area contributed by atoms with Gasteiger partial charge in [0.1, 0.15) is 0 Å². The van der Waals surface area contributed by atoms with E-state index in [0.717, 1.165) is 47.6 Å². The number of hydrogen-bond acceptors (Lipinski definition) is 4. The summed E-state index contributed by atoms with van der Waals surface area (Å²) >= 11 is 3.44. The lowest BCUT2D eigenvalue weighted by Crippen LogP contribution is -2.36. The van der Waals surface area contributed by atoms with Gasteiger partial charge in [0.25, 0.3) is 0 Å². The van der Waals surface area contributed by atoms with Crippen LogP contribution in [0.25, 0.3) is 11.3 Å². The summed E-state index contributed by atoms with van der Waals surface area (Å²) in [6.07, 6.45) is 3.18. The van der Waals surface area contributed by atoms with Crippen LogP contribution in [0.3, 0.4) is 0 Å². The highest BCUT2D eigenvalue weighted by atomic mass is 79.9. The van der Waals surface area contributed by atoms with E-state index in [9.17, 15) is 5.11 Å². The minimum absolute atomic E-state index is 0.180. The molecule has 0 aliphatic carbocycles. The highest BCUT2D eigenvalue weighted by Crippen LogP contribution is 2.22. The fourth-order valence-electron chi connectivity index (χ4n) is 2.35. The molecule has 4 nitrogen and oxygen atoms in total. The van der Waals surface area contributed by atoms with E-state index < -0.39 is 0 Å². The van der Waals surface area contributed by atoms with Crippen LogP contribution in [0.5, 0.6) is 0 Å². The van der Waals surface area contributed by atoms with Crippen molar-refractivity contribution in [3.8, 4) is 11.3 Å². The number of benzene rings is 1. The predicted octanol–water partition coefficient (Wildman–Crippen LogP) is 2.87. The first-order valence-electron chi connectivity index (χ1n) is 6.74. The number of nitrogens with zero attached hydrogens (tertiary/aromatic N) is 3. The second kappa shape index (κ2) is 5.89. The van der Waals surface area contributed by atoms with Crippen molar-refractivity contribution in [2.75, 3.05) is 18.0 Å². The molecule has 1 saturated heterocycles. The molecule has 1 aromatic heterocycles. The Kier molecular flexibility index (Phi) is 3.98. The van der Waals surface area contributed by atoms with Crippen molar-refractivity contribution in [1.29, 1.82) is 0 Å². The Morgan fingerprint density at radius 3 is 2.50 bits per heavy atom. The van der Waals surface area contributed by atoms with Gasteiger partial charge in [-0.1, -0.05) is 28.1 Å². The van der Waals surface area contributed by atoms with Crippen molar-refractivity contribution in [1.82, 2.24) is 9.97 Å². The molecule has 1 N–H and O–H groups in total. The number of aliphatic hydroxyl groups excluding tert-OH is 1. The standard InChI is InChI=1S/C15H16BrN3O/c16-12-3-1-11(2-4-12)14-5-8-17-15(18-14)19-9-6-13(20)7-10-19/h1-5,8,13,20H,6-7,9-10H2. The molecule has 5 heteroatoms. The van der Waals surface area contributed by atoms with E-state index in [-0.39, 0.29) is 6.10 Å². The maximum Gasteiger partial charge on any atom is 0.225 e. The lowest BCUT2D eigenvalue weighted by atomic mass is 10.1. The highest BCUT2D eigenvalue weighted by molar-refractivity contribution is 9.10. The molecular weight excluding hydrogens is 318 g/mol. The van der Waals surface area contributed by atoms with E-state index in [0.29, 0.717) is 0 Å². The summed E-state index contributed by atoms with van der Waals surface area (Å²) < 4.78 is 1.06. The second-order valence-electron chi connectivity index (χ2n) is 4.97. The summed E-state index contributed by atoms with van der Waals surface area (Å²) in [5, 5.41) is 9.56. The van der Waals surface area contributed by atoms with Crippen LogP contribution in [0.1, 0.15) is 12.8 Å². The van der Waals surface area contributed by atoms with E-state index >= 15 is 0 Å². The van der Waals surface area contributed by atoms with Gasteiger partial charge in [-0.15, -0.1) is 0 Å². The summed E-state index contributed by atoms with van der Waals surface area (Å²) in [7, 11) is 0. The van der Waals surface area contributed by atoms with Crippen LogP contribution in [0.15, 0.2) is 41.0 Å². The first-order chi connectivity index (χ1) is 9.72. The monoisotopic (exact) mass is 333 g/mol. The molecule has 2 heterocycles. The van der Waals surface area contributed by atoms with Crippen molar-refractivity contribution in [3.05, 3.63) is 41.0 Å². The largest absolute Gasteiger partial charge is 0.393 e. The minimum Gasteiger partial charge on any atom is -0.393 e. The van der Waals surface area contributed by atoms with Gasteiger partial charge in [-0.3, -0.25) is 0 Å². The maximum atomic E-state index is 9.56. The summed E-state index contributed by atoms with van der Waals surface area (Å²) in [5.41, 5.74) is 2.00. The molecule has 2 aromatic rings. The van der Waals surface area contributed by atoms with Crippen LogP contribution in [0.4, 0.5) is 5.95 Å². The predicted molar refractivity (Wildman–Crippen MR) is 82.6 cm³/mol. The Labute approximate surface area is 126 Å². The molecule has 0 spiro atoms. The van der Waals surface area contributed by atoms with Crippen molar-refractivity contribution in [2.24, 2.45) is 0 Å². The quantitative estimate of drug-likeness (QED) is 0.918. The van der Waals surface area contributed by atoms with E-state index in [1.165, 1.54) is 0 Å². The molecule has 0 amide bonds. The third-order valence-electron chi connectivity index (χ3n) is 3.53. The average molecular weight is 334 g/mol. The number of hydrogen-bond donors (Lipinski definition) is 1. The van der Waals surface area contributed by atoms with Crippen LogP contribution in [0, 0.1) is 0 Å². The fraction of sp³-hybridized carbons (Fsp3) is 0.333. The molecule has 0 bridgehead atoms. The van der Waals surface area contributed by atoms with Crippen LogP contribution >= 0.6 is 15.9 Å². The Morgan fingerprint density at radius 2 is 1.80 bits per heavy atom.